The summed E-state index contributed by atoms with van der Waals surface area (Å²) in [6.07, 6.45) is 3.38. The lowest BCUT2D eigenvalue weighted by Gasteiger charge is -2.01. The number of hydrogen-bond acceptors (Lipinski definition) is 4. The molecule has 0 aliphatic rings. The highest BCUT2D eigenvalue weighted by Gasteiger charge is 2.12. The highest BCUT2D eigenvalue weighted by atomic mass is 16.4. The first-order valence-electron chi connectivity index (χ1n) is 4.50. The Morgan fingerprint density at radius 3 is 2.53 bits per heavy atom. The predicted molar refractivity (Wildman–Crippen MR) is 57.5 cm³/mol. The van der Waals surface area contributed by atoms with Crippen LogP contribution in [0.25, 0.3) is 0 Å². The second kappa shape index (κ2) is 6.97. The molecule has 1 rings (SSSR count). The van der Waals surface area contributed by atoms with Gasteiger partial charge in [-0.1, -0.05) is 0 Å². The van der Waals surface area contributed by atoms with Gasteiger partial charge in [-0.05, 0) is 21.1 Å². The molecule has 0 fully saturated rings. The highest BCUT2D eigenvalue weighted by molar-refractivity contribution is 5.73. The summed E-state index contributed by atoms with van der Waals surface area (Å²) in [4.78, 5) is 18.8. The molecule has 0 saturated carbocycles. The van der Waals surface area contributed by atoms with Crippen molar-refractivity contribution in [3.8, 4) is 0 Å². The van der Waals surface area contributed by atoms with E-state index in [-0.39, 0.29) is 6.42 Å². The van der Waals surface area contributed by atoms with Crippen LogP contribution in [0.1, 0.15) is 5.69 Å². The number of aliphatic carboxylic acids is 1. The summed E-state index contributed by atoms with van der Waals surface area (Å²) < 4.78 is 0. The molecule has 0 saturated heterocycles. The Labute approximate surface area is 89.1 Å². The van der Waals surface area contributed by atoms with Crippen LogP contribution in [0.5, 0.6) is 0 Å². The van der Waals surface area contributed by atoms with Crippen molar-refractivity contribution in [3.63, 3.8) is 0 Å². The summed E-state index contributed by atoms with van der Waals surface area (Å²) in [6.45, 7) is 0. The lowest BCUT2D eigenvalue weighted by Crippen LogP contribution is -2.32. The van der Waals surface area contributed by atoms with Gasteiger partial charge in [-0.15, -0.1) is 0 Å². The number of imidazole rings is 1. The molecule has 1 atom stereocenters. The Balaban J connectivity index is 0.000000423. The van der Waals surface area contributed by atoms with Gasteiger partial charge in [0, 0.05) is 12.6 Å². The summed E-state index contributed by atoms with van der Waals surface area (Å²) in [5.41, 5.74) is 5.92. The van der Waals surface area contributed by atoms with E-state index in [1.165, 1.54) is 6.33 Å². The minimum Gasteiger partial charge on any atom is -0.480 e. The average Bonchev–Trinajstić information content (AvgIpc) is 2.55. The molecule has 1 aromatic heterocycles. The van der Waals surface area contributed by atoms with Crippen LogP contribution in [0.15, 0.2) is 12.5 Å². The third-order valence-electron chi connectivity index (χ3n) is 1.30. The maximum atomic E-state index is 10.3. The summed E-state index contributed by atoms with van der Waals surface area (Å²) in [5.74, 6) is -1.01. The Kier molecular flexibility index (Phi) is 6.32. The van der Waals surface area contributed by atoms with Crippen LogP contribution in [-0.2, 0) is 11.2 Å². The first-order valence-corrected chi connectivity index (χ1v) is 4.50. The highest BCUT2D eigenvalue weighted by Crippen LogP contribution is 1.95. The van der Waals surface area contributed by atoms with Gasteiger partial charge in [-0.2, -0.15) is 0 Å². The molecule has 0 aliphatic heterocycles. The number of aromatic nitrogens is 2. The largest absolute Gasteiger partial charge is 0.480 e. The molecule has 1 unspecified atom stereocenters. The number of nitrogens with two attached hydrogens (primary N) is 1. The van der Waals surface area contributed by atoms with E-state index in [9.17, 15) is 4.79 Å². The Morgan fingerprint density at radius 1 is 1.67 bits per heavy atom. The maximum absolute atomic E-state index is 10.3. The van der Waals surface area contributed by atoms with Crippen molar-refractivity contribution in [3.05, 3.63) is 18.2 Å². The molecule has 0 amide bonds. The molecule has 0 aromatic carbocycles. The number of carboxylic acid groups (broad SMARTS) is 1. The van der Waals surface area contributed by atoms with E-state index in [2.05, 4.69) is 9.97 Å². The summed E-state index contributed by atoms with van der Waals surface area (Å²) >= 11 is 0. The van der Waals surface area contributed by atoms with Gasteiger partial charge in [0.25, 0.3) is 0 Å². The molecular formula is C9H18N4O2. The number of H-pyrrole nitrogens is 1. The molecule has 0 aliphatic carbocycles. The lowest BCUT2D eigenvalue weighted by molar-refractivity contribution is -0.138. The third kappa shape index (κ3) is 7.65. The number of nitrogens with one attached hydrogen (secondary N) is 1. The van der Waals surface area contributed by atoms with E-state index >= 15 is 0 Å². The molecule has 6 heteroatoms. The number of carboxylic acids is 1. The molecule has 1 heterocycles. The zero-order valence-corrected chi connectivity index (χ0v) is 9.27. The smallest absolute Gasteiger partial charge is 0.320 e. The molecular weight excluding hydrogens is 196 g/mol. The van der Waals surface area contributed by atoms with Crippen LogP contribution < -0.4 is 5.73 Å². The van der Waals surface area contributed by atoms with Crippen LogP contribution in [-0.4, -0.2) is 53.1 Å². The van der Waals surface area contributed by atoms with Gasteiger partial charge < -0.3 is 20.7 Å². The molecule has 86 valence electrons. The fraction of sp³-hybridized carbons (Fsp3) is 0.556. The van der Waals surface area contributed by atoms with E-state index in [0.29, 0.717) is 5.69 Å². The van der Waals surface area contributed by atoms with Crippen molar-refractivity contribution >= 4 is 5.97 Å². The van der Waals surface area contributed by atoms with Crippen LogP contribution in [0.4, 0.5) is 0 Å². The molecule has 1 aromatic rings. The summed E-state index contributed by atoms with van der Waals surface area (Å²) in [5, 5.41) is 8.42. The first-order chi connectivity index (χ1) is 6.93. The first kappa shape index (κ1) is 13.6. The van der Waals surface area contributed by atoms with E-state index in [1.807, 2.05) is 26.0 Å². The van der Waals surface area contributed by atoms with Crippen molar-refractivity contribution in [2.75, 3.05) is 21.1 Å². The van der Waals surface area contributed by atoms with Crippen LogP contribution in [0.3, 0.4) is 0 Å². The lowest BCUT2D eigenvalue weighted by atomic mass is 10.2. The number of rotatable bonds is 3. The Morgan fingerprint density at radius 2 is 2.20 bits per heavy atom. The predicted octanol–water partition coefficient (Wildman–Crippen LogP) is -0.458. The van der Waals surface area contributed by atoms with Gasteiger partial charge in [0.2, 0.25) is 0 Å². The zero-order chi connectivity index (χ0) is 11.8. The topological polar surface area (TPSA) is 95.2 Å². The standard InChI is InChI=1S/C6H9N3O2.C3H9N/c7-5(6(10)11)1-4-2-8-3-9-4;1-4(2)3/h2-3,5H,1,7H2,(H,8,9)(H,10,11);1-3H3. The van der Waals surface area contributed by atoms with Crippen molar-refractivity contribution in [2.24, 2.45) is 5.73 Å². The van der Waals surface area contributed by atoms with Gasteiger partial charge in [-0.3, -0.25) is 4.79 Å². The zero-order valence-electron chi connectivity index (χ0n) is 9.27. The van der Waals surface area contributed by atoms with Crippen molar-refractivity contribution in [1.29, 1.82) is 0 Å². The summed E-state index contributed by atoms with van der Waals surface area (Å²) in [7, 11) is 6.00. The van der Waals surface area contributed by atoms with Gasteiger partial charge in [-0.25, -0.2) is 4.98 Å². The average molecular weight is 214 g/mol. The Bertz CT molecular complexity index is 269. The minimum absolute atomic E-state index is 0.263. The molecule has 15 heavy (non-hydrogen) atoms. The Hall–Kier alpha value is -1.40. The second-order valence-corrected chi connectivity index (χ2v) is 3.55. The van der Waals surface area contributed by atoms with Crippen LogP contribution >= 0.6 is 0 Å². The van der Waals surface area contributed by atoms with E-state index < -0.39 is 12.0 Å². The van der Waals surface area contributed by atoms with E-state index in [4.69, 9.17) is 10.8 Å². The van der Waals surface area contributed by atoms with Gasteiger partial charge >= 0.3 is 5.97 Å². The third-order valence-corrected chi connectivity index (χ3v) is 1.30. The van der Waals surface area contributed by atoms with Crippen molar-refractivity contribution in [2.45, 2.75) is 12.5 Å². The van der Waals surface area contributed by atoms with Gasteiger partial charge in [0.05, 0.1) is 12.0 Å². The van der Waals surface area contributed by atoms with Crippen molar-refractivity contribution < 1.29 is 9.90 Å². The van der Waals surface area contributed by atoms with E-state index in [1.54, 1.807) is 6.20 Å². The maximum Gasteiger partial charge on any atom is 0.320 e. The molecule has 6 nitrogen and oxygen atoms in total. The van der Waals surface area contributed by atoms with E-state index in [0.717, 1.165) is 0 Å². The monoisotopic (exact) mass is 214 g/mol. The summed E-state index contributed by atoms with van der Waals surface area (Å²) in [6, 6.07) is -0.863. The fourth-order valence-electron chi connectivity index (χ4n) is 0.715. The number of carbonyl (C=O) groups is 1. The normalized spacial score (nSPS) is 11.8. The number of aromatic amines is 1. The minimum atomic E-state index is -1.01. The fourth-order valence-corrected chi connectivity index (χ4v) is 0.715. The molecule has 0 radical (unpaired) electrons. The molecule has 4 N–H and O–H groups in total. The SMILES string of the molecule is CN(C)C.NC(Cc1c[nH]cn1)C(=O)O. The van der Waals surface area contributed by atoms with Gasteiger partial charge in [0.15, 0.2) is 0 Å². The molecule has 0 spiro atoms. The van der Waals surface area contributed by atoms with Crippen molar-refractivity contribution in [1.82, 2.24) is 14.9 Å². The van der Waals surface area contributed by atoms with Crippen LogP contribution in [0.2, 0.25) is 0 Å². The number of nitrogens with zero attached hydrogens (tertiary/aromatic N) is 2. The number of hydrogen-bond donors (Lipinski definition) is 3. The second-order valence-electron chi connectivity index (χ2n) is 3.55. The quantitative estimate of drug-likeness (QED) is 0.633. The van der Waals surface area contributed by atoms with Gasteiger partial charge in [0.1, 0.15) is 6.04 Å². The molecule has 0 bridgehead atoms. The van der Waals surface area contributed by atoms with Crippen LogP contribution in [0, 0.1) is 0 Å².